The maximum atomic E-state index is 13.1. The molecule has 0 aliphatic heterocycles. The maximum absolute atomic E-state index is 13.1. The summed E-state index contributed by atoms with van der Waals surface area (Å²) < 4.78 is 13.1. The Hall–Kier alpha value is -1.94. The first-order valence-corrected chi connectivity index (χ1v) is 11.5. The van der Waals surface area contributed by atoms with Crippen LogP contribution in [0.2, 0.25) is 0 Å². The van der Waals surface area contributed by atoms with E-state index in [2.05, 4.69) is 36.5 Å². The Bertz CT molecular complexity index is 904. The van der Waals surface area contributed by atoms with Crippen molar-refractivity contribution in [3.8, 4) is 0 Å². The van der Waals surface area contributed by atoms with Crippen LogP contribution in [0.25, 0.3) is 0 Å². The molecule has 0 heterocycles. The summed E-state index contributed by atoms with van der Waals surface area (Å²) in [5.41, 5.74) is 7.44. The fourth-order valence-electron chi connectivity index (χ4n) is 7.11. The van der Waals surface area contributed by atoms with Crippen LogP contribution in [-0.2, 0) is 0 Å². The first kappa shape index (κ1) is 20.0. The molecule has 5 rings (SSSR count). The van der Waals surface area contributed by atoms with Crippen LogP contribution in [0.1, 0.15) is 64.4 Å². The highest BCUT2D eigenvalue weighted by molar-refractivity contribution is 5.79. The van der Waals surface area contributed by atoms with Gasteiger partial charge in [-0.2, -0.15) is 5.10 Å². The van der Waals surface area contributed by atoms with Crippen molar-refractivity contribution in [1.29, 1.82) is 0 Å². The lowest BCUT2D eigenvalue weighted by atomic mass is 9.48. The number of allylic oxidation sites excluding steroid dienone is 3. The van der Waals surface area contributed by atoms with Crippen molar-refractivity contribution in [2.45, 2.75) is 64.9 Å². The minimum Gasteiger partial charge on any atom is -0.393 e. The van der Waals surface area contributed by atoms with Crippen LogP contribution < -0.4 is 5.43 Å². The summed E-state index contributed by atoms with van der Waals surface area (Å²) >= 11 is 0. The number of hydrogen-bond donors (Lipinski definition) is 2. The number of halogens is 1. The molecule has 0 unspecified atom stereocenters. The van der Waals surface area contributed by atoms with E-state index in [4.69, 9.17) is 0 Å². The third-order valence-electron chi connectivity index (χ3n) is 8.93. The molecule has 0 saturated heterocycles. The van der Waals surface area contributed by atoms with E-state index in [9.17, 15) is 9.50 Å². The summed E-state index contributed by atoms with van der Waals surface area (Å²) in [7, 11) is 0. The largest absolute Gasteiger partial charge is 0.393 e. The molecule has 0 amide bonds. The van der Waals surface area contributed by atoms with Crippen LogP contribution in [0, 0.1) is 34.4 Å². The van der Waals surface area contributed by atoms with E-state index >= 15 is 0 Å². The predicted molar refractivity (Wildman–Crippen MR) is 118 cm³/mol. The highest BCUT2D eigenvalue weighted by atomic mass is 19.1. The summed E-state index contributed by atoms with van der Waals surface area (Å²) in [5.74, 6) is 1.88. The number of benzene rings is 1. The zero-order chi connectivity index (χ0) is 20.9. The molecule has 0 radical (unpaired) electrons. The monoisotopic (exact) mass is 408 g/mol. The first-order valence-electron chi connectivity index (χ1n) is 11.5. The Balaban J connectivity index is 1.32. The second-order valence-electron chi connectivity index (χ2n) is 10.4. The van der Waals surface area contributed by atoms with Crippen molar-refractivity contribution in [2.75, 3.05) is 0 Å². The van der Waals surface area contributed by atoms with Gasteiger partial charge >= 0.3 is 0 Å². The lowest BCUT2D eigenvalue weighted by Gasteiger charge is -2.57. The standard InChI is InChI=1S/C26H33FN2O/c1-25-13-11-20(30)15-18(25)5-8-21-22-9-10-24(26(22,2)14-12-23(21)25)29-28-16-17-3-6-19(27)7-4-17/h3-7,10,16,20-23,29-30H,8-9,11-15H2,1-2H3/b28-16-/t20-,21+,22-,23+,25+,26-/m1/s1. The van der Waals surface area contributed by atoms with Gasteiger partial charge in [-0.1, -0.05) is 43.7 Å². The van der Waals surface area contributed by atoms with Crippen molar-refractivity contribution in [3.05, 3.63) is 59.1 Å². The second-order valence-corrected chi connectivity index (χ2v) is 10.4. The van der Waals surface area contributed by atoms with Gasteiger partial charge < -0.3 is 5.11 Å². The molecule has 4 aliphatic carbocycles. The van der Waals surface area contributed by atoms with Crippen LogP contribution in [0.15, 0.2) is 52.8 Å². The molecule has 4 aliphatic rings. The zero-order valence-electron chi connectivity index (χ0n) is 18.1. The predicted octanol–water partition coefficient (Wildman–Crippen LogP) is 5.57. The fourth-order valence-corrected chi connectivity index (χ4v) is 7.11. The number of aliphatic hydroxyl groups excluding tert-OH is 1. The Morgan fingerprint density at radius 2 is 1.80 bits per heavy atom. The van der Waals surface area contributed by atoms with Crippen LogP contribution in [0.4, 0.5) is 4.39 Å². The zero-order valence-corrected chi connectivity index (χ0v) is 18.1. The Labute approximate surface area is 179 Å². The van der Waals surface area contributed by atoms with Gasteiger partial charge in [0.1, 0.15) is 5.82 Å². The number of nitrogens with one attached hydrogen (secondary N) is 1. The van der Waals surface area contributed by atoms with E-state index in [-0.39, 0.29) is 22.8 Å². The van der Waals surface area contributed by atoms with E-state index in [0.29, 0.717) is 11.8 Å². The summed E-state index contributed by atoms with van der Waals surface area (Å²) in [5, 5.41) is 14.6. The van der Waals surface area contributed by atoms with Crippen LogP contribution in [0.3, 0.4) is 0 Å². The number of hydrogen-bond acceptors (Lipinski definition) is 3. The molecular weight excluding hydrogens is 375 g/mol. The van der Waals surface area contributed by atoms with Gasteiger partial charge in [0, 0.05) is 11.1 Å². The Kier molecular flexibility index (Phi) is 4.89. The molecule has 160 valence electrons. The van der Waals surface area contributed by atoms with Gasteiger partial charge in [-0.3, -0.25) is 5.43 Å². The van der Waals surface area contributed by atoms with Crippen LogP contribution in [0.5, 0.6) is 0 Å². The van der Waals surface area contributed by atoms with Gasteiger partial charge in [0.25, 0.3) is 0 Å². The quantitative estimate of drug-likeness (QED) is 0.390. The number of hydrazone groups is 1. The molecular formula is C26H33FN2O. The van der Waals surface area contributed by atoms with Gasteiger partial charge in [-0.25, -0.2) is 4.39 Å². The van der Waals surface area contributed by atoms with Crippen molar-refractivity contribution in [2.24, 2.45) is 33.7 Å². The topological polar surface area (TPSA) is 44.6 Å². The van der Waals surface area contributed by atoms with Crippen LogP contribution in [-0.4, -0.2) is 17.4 Å². The molecule has 0 bridgehead atoms. The highest BCUT2D eigenvalue weighted by Crippen LogP contribution is 2.64. The lowest BCUT2D eigenvalue weighted by molar-refractivity contribution is -0.0308. The minimum atomic E-state index is -0.225. The molecule has 1 aromatic rings. The van der Waals surface area contributed by atoms with Gasteiger partial charge in [-0.15, -0.1) is 0 Å². The van der Waals surface area contributed by atoms with Crippen LogP contribution >= 0.6 is 0 Å². The molecule has 6 atom stereocenters. The second kappa shape index (κ2) is 7.33. The van der Waals surface area contributed by atoms with Gasteiger partial charge in [0.15, 0.2) is 0 Å². The van der Waals surface area contributed by atoms with E-state index in [0.717, 1.165) is 43.6 Å². The summed E-state index contributed by atoms with van der Waals surface area (Å²) in [6.07, 6.45) is 14.1. The molecule has 2 saturated carbocycles. The first-order chi connectivity index (χ1) is 14.4. The number of aliphatic hydroxyl groups is 1. The lowest BCUT2D eigenvalue weighted by Crippen LogP contribution is -2.50. The SMILES string of the molecule is C[C@@]12CC[C@H]3[C@@H](CC=C4C[C@H](O)CC[C@@]43C)[C@H]1CC=C2N/N=C\c1ccc(F)cc1. The van der Waals surface area contributed by atoms with Crippen molar-refractivity contribution < 1.29 is 9.50 Å². The normalized spacial score (nSPS) is 40.3. The van der Waals surface area contributed by atoms with E-state index in [1.54, 1.807) is 18.3 Å². The molecule has 3 nitrogen and oxygen atoms in total. The molecule has 0 aromatic heterocycles. The van der Waals surface area contributed by atoms with Crippen molar-refractivity contribution in [1.82, 2.24) is 5.43 Å². The smallest absolute Gasteiger partial charge is 0.123 e. The van der Waals surface area contributed by atoms with E-state index in [1.807, 2.05) is 0 Å². The summed E-state index contributed by atoms with van der Waals surface area (Å²) in [6.45, 7) is 4.89. The average Bonchev–Trinajstić information content (AvgIpc) is 3.06. The molecule has 1 aromatic carbocycles. The fraction of sp³-hybridized carbons (Fsp3) is 0.577. The summed E-state index contributed by atoms with van der Waals surface area (Å²) in [6, 6.07) is 6.41. The minimum absolute atomic E-state index is 0.141. The molecule has 2 N–H and O–H groups in total. The van der Waals surface area contributed by atoms with Crippen molar-refractivity contribution >= 4 is 6.21 Å². The van der Waals surface area contributed by atoms with E-state index in [1.165, 1.54) is 36.2 Å². The Morgan fingerprint density at radius 1 is 1.03 bits per heavy atom. The van der Waals surface area contributed by atoms with Crippen molar-refractivity contribution in [3.63, 3.8) is 0 Å². The van der Waals surface area contributed by atoms with Gasteiger partial charge in [0.2, 0.25) is 0 Å². The molecule has 0 spiro atoms. The third-order valence-corrected chi connectivity index (χ3v) is 8.93. The number of nitrogens with zero attached hydrogens (tertiary/aromatic N) is 1. The Morgan fingerprint density at radius 3 is 2.60 bits per heavy atom. The maximum Gasteiger partial charge on any atom is 0.123 e. The van der Waals surface area contributed by atoms with Gasteiger partial charge in [0.05, 0.1) is 12.3 Å². The van der Waals surface area contributed by atoms with Gasteiger partial charge in [-0.05, 0) is 85.8 Å². The highest BCUT2D eigenvalue weighted by Gasteiger charge is 2.56. The number of fused-ring (bicyclic) bond motifs is 5. The molecule has 30 heavy (non-hydrogen) atoms. The summed E-state index contributed by atoms with van der Waals surface area (Å²) in [4.78, 5) is 0. The van der Waals surface area contributed by atoms with E-state index < -0.39 is 0 Å². The molecule has 2 fully saturated rings. The number of rotatable bonds is 3. The molecule has 4 heteroatoms. The average molecular weight is 409 g/mol. The third kappa shape index (κ3) is 3.15.